The molecule has 1 heterocycles. The Morgan fingerprint density at radius 2 is 1.77 bits per heavy atom. The number of benzene rings is 2. The zero-order chi connectivity index (χ0) is 15.5. The Labute approximate surface area is 146 Å². The Morgan fingerprint density at radius 3 is 2.50 bits per heavy atom. The van der Waals surface area contributed by atoms with Crippen LogP contribution in [0.2, 0.25) is 0 Å². The van der Waals surface area contributed by atoms with E-state index < -0.39 is 0 Å². The lowest BCUT2D eigenvalue weighted by molar-refractivity contribution is 0.955. The van der Waals surface area contributed by atoms with E-state index in [0.717, 1.165) is 21.1 Å². The molecule has 0 spiro atoms. The largest absolute Gasteiger partial charge is 0.321 e. The molecule has 3 aromatic rings. The van der Waals surface area contributed by atoms with Crippen LogP contribution >= 0.6 is 31.9 Å². The molecule has 0 saturated heterocycles. The summed E-state index contributed by atoms with van der Waals surface area (Å²) in [6.07, 6.45) is 2.88. The zero-order valence-electron chi connectivity index (χ0n) is 11.6. The second kappa shape index (κ2) is 6.51. The fourth-order valence-electron chi connectivity index (χ4n) is 2.39. The van der Waals surface area contributed by atoms with E-state index in [9.17, 15) is 0 Å². The van der Waals surface area contributed by atoms with Gasteiger partial charge in [-0.1, -0.05) is 34.1 Å². The van der Waals surface area contributed by atoms with E-state index in [2.05, 4.69) is 60.7 Å². The van der Waals surface area contributed by atoms with Crippen molar-refractivity contribution in [3.05, 3.63) is 86.6 Å². The first-order valence-electron chi connectivity index (χ1n) is 6.78. The van der Waals surface area contributed by atoms with Crippen LogP contribution in [-0.4, -0.2) is 4.57 Å². The van der Waals surface area contributed by atoms with Crippen molar-refractivity contribution in [1.29, 1.82) is 5.26 Å². The number of hydrogen-bond donors (Lipinski definition) is 0. The lowest BCUT2D eigenvalue weighted by Crippen LogP contribution is -2.00. The Balaban J connectivity index is 1.98. The maximum absolute atomic E-state index is 9.03. The predicted octanol–water partition coefficient (Wildman–Crippen LogP) is 5.46. The predicted molar refractivity (Wildman–Crippen MR) is 95.1 cm³/mol. The van der Waals surface area contributed by atoms with E-state index in [-0.39, 0.29) is 0 Å². The van der Waals surface area contributed by atoms with E-state index in [1.54, 1.807) is 0 Å². The van der Waals surface area contributed by atoms with E-state index in [4.69, 9.17) is 5.26 Å². The lowest BCUT2D eigenvalue weighted by Gasteiger charge is -2.11. The van der Waals surface area contributed by atoms with Crippen molar-refractivity contribution in [2.75, 3.05) is 0 Å². The molecule has 0 saturated carbocycles. The number of nitriles is 1. The monoisotopic (exact) mass is 414 g/mol. The lowest BCUT2D eigenvalue weighted by atomic mass is 10.1. The fraction of sp³-hybridized carbons (Fsp3) is 0.0556. The van der Waals surface area contributed by atoms with Crippen LogP contribution in [0.1, 0.15) is 16.8 Å². The van der Waals surface area contributed by atoms with Crippen molar-refractivity contribution in [3.63, 3.8) is 0 Å². The van der Waals surface area contributed by atoms with Gasteiger partial charge in [-0.2, -0.15) is 5.26 Å². The summed E-state index contributed by atoms with van der Waals surface area (Å²) in [4.78, 5) is 0. The van der Waals surface area contributed by atoms with Crippen LogP contribution in [-0.2, 0) is 6.42 Å². The first kappa shape index (κ1) is 15.1. The molecular weight excluding hydrogens is 404 g/mol. The number of hydrogen-bond acceptors (Lipinski definition) is 1. The molecule has 2 aromatic carbocycles. The van der Waals surface area contributed by atoms with Gasteiger partial charge in [0.15, 0.2) is 0 Å². The molecule has 0 amide bonds. The minimum Gasteiger partial charge on any atom is -0.321 e. The van der Waals surface area contributed by atoms with Gasteiger partial charge < -0.3 is 4.57 Å². The highest BCUT2D eigenvalue weighted by Crippen LogP contribution is 2.24. The van der Waals surface area contributed by atoms with Crippen LogP contribution in [0.4, 0.5) is 0 Å². The third-order valence-electron chi connectivity index (χ3n) is 3.51. The molecule has 0 bridgehead atoms. The summed E-state index contributed by atoms with van der Waals surface area (Å²) in [5.41, 5.74) is 4.12. The first-order chi connectivity index (χ1) is 10.7. The van der Waals surface area contributed by atoms with Crippen LogP contribution < -0.4 is 0 Å². The number of nitrogens with zero attached hydrogens (tertiary/aromatic N) is 2. The molecule has 3 rings (SSSR count). The summed E-state index contributed by atoms with van der Waals surface area (Å²) >= 11 is 7.05. The average molecular weight is 416 g/mol. The minimum atomic E-state index is 0.642. The Morgan fingerprint density at radius 1 is 0.955 bits per heavy atom. The van der Waals surface area contributed by atoms with E-state index >= 15 is 0 Å². The maximum Gasteiger partial charge on any atom is 0.100 e. The standard InChI is InChI=1S/C18H12Br2N2/c19-17-6-2-1-4-13(17)10-15-5-3-9-22(15)16-8-7-14(12-21)18(20)11-16/h1-9,11H,10H2. The van der Waals surface area contributed by atoms with Crippen molar-refractivity contribution in [3.8, 4) is 11.8 Å². The van der Waals surface area contributed by atoms with Crippen LogP contribution in [0.3, 0.4) is 0 Å². The Hall–Kier alpha value is -1.83. The molecule has 0 aliphatic heterocycles. The van der Waals surface area contributed by atoms with Gasteiger partial charge in [-0.05, 0) is 57.9 Å². The Kier molecular flexibility index (Phi) is 4.47. The van der Waals surface area contributed by atoms with Crippen LogP contribution in [0.5, 0.6) is 0 Å². The van der Waals surface area contributed by atoms with Gasteiger partial charge in [0.25, 0.3) is 0 Å². The van der Waals surface area contributed by atoms with Crippen molar-refractivity contribution in [1.82, 2.24) is 4.57 Å². The van der Waals surface area contributed by atoms with Crippen molar-refractivity contribution in [2.24, 2.45) is 0 Å². The smallest absolute Gasteiger partial charge is 0.100 e. The van der Waals surface area contributed by atoms with Gasteiger partial charge in [0.05, 0.1) is 5.56 Å². The van der Waals surface area contributed by atoms with Gasteiger partial charge in [-0.3, -0.25) is 0 Å². The zero-order valence-corrected chi connectivity index (χ0v) is 14.8. The summed E-state index contributed by atoms with van der Waals surface area (Å²) in [5, 5.41) is 9.03. The van der Waals surface area contributed by atoms with Gasteiger partial charge in [-0.15, -0.1) is 0 Å². The molecule has 0 N–H and O–H groups in total. The molecule has 1 aromatic heterocycles. The third kappa shape index (κ3) is 3.01. The number of halogens is 2. The first-order valence-corrected chi connectivity index (χ1v) is 8.37. The molecule has 108 valence electrons. The second-order valence-corrected chi connectivity index (χ2v) is 6.62. The summed E-state index contributed by atoms with van der Waals surface area (Å²) in [6, 6.07) is 20.3. The third-order valence-corrected chi connectivity index (χ3v) is 4.94. The highest BCUT2D eigenvalue weighted by molar-refractivity contribution is 9.10. The minimum absolute atomic E-state index is 0.642. The summed E-state index contributed by atoms with van der Waals surface area (Å²) in [7, 11) is 0. The van der Waals surface area contributed by atoms with Gasteiger partial charge in [0.1, 0.15) is 6.07 Å². The molecule has 4 heteroatoms. The van der Waals surface area contributed by atoms with Crippen LogP contribution in [0.25, 0.3) is 5.69 Å². The number of aromatic nitrogens is 1. The van der Waals surface area contributed by atoms with E-state index in [1.807, 2.05) is 42.6 Å². The normalized spacial score (nSPS) is 10.4. The summed E-state index contributed by atoms with van der Waals surface area (Å²) < 4.78 is 4.07. The number of rotatable bonds is 3. The quantitative estimate of drug-likeness (QED) is 0.557. The average Bonchev–Trinajstić information content (AvgIpc) is 2.98. The van der Waals surface area contributed by atoms with Crippen molar-refractivity contribution < 1.29 is 0 Å². The van der Waals surface area contributed by atoms with Crippen molar-refractivity contribution in [2.45, 2.75) is 6.42 Å². The molecule has 0 radical (unpaired) electrons. The van der Waals surface area contributed by atoms with Gasteiger partial charge in [0.2, 0.25) is 0 Å². The molecular formula is C18H12Br2N2. The molecule has 0 aliphatic carbocycles. The highest BCUT2D eigenvalue weighted by Gasteiger charge is 2.08. The highest BCUT2D eigenvalue weighted by atomic mass is 79.9. The SMILES string of the molecule is N#Cc1ccc(-n2cccc2Cc2ccccc2Br)cc1Br. The molecule has 0 aliphatic rings. The fourth-order valence-corrected chi connectivity index (χ4v) is 3.27. The van der Waals surface area contributed by atoms with Gasteiger partial charge in [-0.25, -0.2) is 0 Å². The molecule has 22 heavy (non-hydrogen) atoms. The van der Waals surface area contributed by atoms with E-state index in [0.29, 0.717) is 5.56 Å². The van der Waals surface area contributed by atoms with E-state index in [1.165, 1.54) is 11.3 Å². The maximum atomic E-state index is 9.03. The molecule has 0 unspecified atom stereocenters. The molecule has 2 nitrogen and oxygen atoms in total. The summed E-state index contributed by atoms with van der Waals surface area (Å²) in [6.45, 7) is 0. The van der Waals surface area contributed by atoms with Gasteiger partial charge >= 0.3 is 0 Å². The molecule has 0 fully saturated rings. The van der Waals surface area contributed by atoms with Crippen molar-refractivity contribution >= 4 is 31.9 Å². The second-order valence-electron chi connectivity index (χ2n) is 4.91. The van der Waals surface area contributed by atoms with Crippen LogP contribution in [0.15, 0.2) is 69.7 Å². The topological polar surface area (TPSA) is 28.7 Å². The Bertz CT molecular complexity index is 860. The summed E-state index contributed by atoms with van der Waals surface area (Å²) in [5.74, 6) is 0. The van der Waals surface area contributed by atoms with Gasteiger partial charge in [0, 0.05) is 32.9 Å². The molecule has 0 atom stereocenters. The van der Waals surface area contributed by atoms with Crippen LogP contribution in [0, 0.1) is 11.3 Å².